The Morgan fingerprint density at radius 2 is 1.79 bits per heavy atom. The van der Waals surface area contributed by atoms with Crippen LogP contribution >= 0.6 is 22.6 Å². The second-order valence-electron chi connectivity index (χ2n) is 5.18. The van der Waals surface area contributed by atoms with Gasteiger partial charge in [-0.05, 0) is 65.4 Å². The van der Waals surface area contributed by atoms with Crippen LogP contribution < -0.4 is 15.4 Å². The Morgan fingerprint density at radius 1 is 1.08 bits per heavy atom. The summed E-state index contributed by atoms with van der Waals surface area (Å²) < 4.78 is 6.06. The van der Waals surface area contributed by atoms with E-state index in [-0.39, 0.29) is 11.8 Å². The lowest BCUT2D eigenvalue weighted by Crippen LogP contribution is -2.13. The first-order valence-electron chi connectivity index (χ1n) is 7.58. The van der Waals surface area contributed by atoms with E-state index in [9.17, 15) is 9.59 Å². The lowest BCUT2D eigenvalue weighted by atomic mass is 10.2. The molecule has 0 radical (unpaired) electrons. The Balaban J connectivity index is 2.09. The van der Waals surface area contributed by atoms with Crippen LogP contribution in [0.15, 0.2) is 42.5 Å². The smallest absolute Gasteiger partial charge is 0.255 e. The third-order valence-electron chi connectivity index (χ3n) is 3.30. The highest BCUT2D eigenvalue weighted by atomic mass is 127. The van der Waals surface area contributed by atoms with E-state index in [1.54, 1.807) is 49.6 Å². The predicted octanol–water partition coefficient (Wildman–Crippen LogP) is 4.29. The Morgan fingerprint density at radius 3 is 2.42 bits per heavy atom. The Hall–Kier alpha value is -2.09. The average molecular weight is 438 g/mol. The molecular weight excluding hydrogens is 419 g/mol. The fourth-order valence-corrected chi connectivity index (χ4v) is 2.87. The van der Waals surface area contributed by atoms with Gasteiger partial charge in [-0.15, -0.1) is 0 Å². The number of amides is 2. The Labute approximate surface area is 154 Å². The van der Waals surface area contributed by atoms with Crippen LogP contribution in [0.4, 0.5) is 11.4 Å². The fourth-order valence-electron chi connectivity index (χ4n) is 2.14. The number of carbonyl (C=O) groups is 2. The molecule has 2 aromatic rings. The van der Waals surface area contributed by atoms with E-state index in [1.165, 1.54) is 0 Å². The molecule has 2 rings (SSSR count). The molecular formula is C18H19IN2O3. The lowest BCUT2D eigenvalue weighted by Gasteiger charge is -2.10. The SMILES string of the molecule is CCCC(=O)Nc1cccc(NC(=O)c2ccc(OC)c(I)c2)c1. The summed E-state index contributed by atoms with van der Waals surface area (Å²) in [6.07, 6.45) is 1.26. The van der Waals surface area contributed by atoms with Gasteiger partial charge in [0.05, 0.1) is 10.7 Å². The molecule has 0 saturated carbocycles. The number of halogens is 1. The minimum atomic E-state index is -0.215. The van der Waals surface area contributed by atoms with Crippen molar-refractivity contribution in [2.45, 2.75) is 19.8 Å². The molecule has 2 amide bonds. The van der Waals surface area contributed by atoms with Crippen molar-refractivity contribution in [2.24, 2.45) is 0 Å². The Kier molecular flexibility index (Phi) is 6.60. The van der Waals surface area contributed by atoms with Gasteiger partial charge in [0.25, 0.3) is 5.91 Å². The van der Waals surface area contributed by atoms with E-state index in [1.807, 2.05) is 6.92 Å². The molecule has 0 spiro atoms. The predicted molar refractivity (Wildman–Crippen MR) is 104 cm³/mol. The molecule has 0 aromatic heterocycles. The molecule has 0 unspecified atom stereocenters. The summed E-state index contributed by atoms with van der Waals surface area (Å²) in [5.41, 5.74) is 1.83. The molecule has 0 heterocycles. The van der Waals surface area contributed by atoms with Crippen molar-refractivity contribution in [3.05, 3.63) is 51.6 Å². The van der Waals surface area contributed by atoms with E-state index in [2.05, 4.69) is 33.2 Å². The fraction of sp³-hybridized carbons (Fsp3) is 0.222. The van der Waals surface area contributed by atoms with E-state index >= 15 is 0 Å². The number of hydrogen-bond donors (Lipinski definition) is 2. The van der Waals surface area contributed by atoms with Crippen LogP contribution in [-0.2, 0) is 4.79 Å². The van der Waals surface area contributed by atoms with Gasteiger partial charge in [0.2, 0.25) is 5.91 Å². The van der Waals surface area contributed by atoms with Gasteiger partial charge in [0, 0.05) is 23.4 Å². The van der Waals surface area contributed by atoms with Crippen molar-refractivity contribution >= 4 is 45.8 Å². The van der Waals surface area contributed by atoms with Crippen LogP contribution in [0.2, 0.25) is 0 Å². The third-order valence-corrected chi connectivity index (χ3v) is 4.14. The average Bonchev–Trinajstić information content (AvgIpc) is 2.55. The van der Waals surface area contributed by atoms with Crippen molar-refractivity contribution in [1.29, 1.82) is 0 Å². The van der Waals surface area contributed by atoms with Gasteiger partial charge in [-0.2, -0.15) is 0 Å². The molecule has 126 valence electrons. The summed E-state index contributed by atoms with van der Waals surface area (Å²) in [5, 5.41) is 5.65. The highest BCUT2D eigenvalue weighted by molar-refractivity contribution is 14.1. The van der Waals surface area contributed by atoms with Crippen LogP contribution in [0.25, 0.3) is 0 Å². The lowest BCUT2D eigenvalue weighted by molar-refractivity contribution is -0.116. The van der Waals surface area contributed by atoms with Crippen molar-refractivity contribution in [1.82, 2.24) is 0 Å². The van der Waals surface area contributed by atoms with E-state index in [0.29, 0.717) is 23.4 Å². The first-order chi connectivity index (χ1) is 11.5. The van der Waals surface area contributed by atoms with Crippen LogP contribution in [0, 0.1) is 3.57 Å². The molecule has 0 saturated heterocycles. The van der Waals surface area contributed by atoms with Crippen molar-refractivity contribution in [2.75, 3.05) is 17.7 Å². The Bertz CT molecular complexity index is 747. The zero-order valence-electron chi connectivity index (χ0n) is 13.6. The van der Waals surface area contributed by atoms with Crippen LogP contribution in [-0.4, -0.2) is 18.9 Å². The molecule has 0 fully saturated rings. The molecule has 2 N–H and O–H groups in total. The van der Waals surface area contributed by atoms with Crippen molar-refractivity contribution in [3.8, 4) is 5.75 Å². The minimum absolute atomic E-state index is 0.0364. The zero-order chi connectivity index (χ0) is 17.5. The normalized spacial score (nSPS) is 10.1. The summed E-state index contributed by atoms with van der Waals surface area (Å²) >= 11 is 2.12. The van der Waals surface area contributed by atoms with Gasteiger partial charge in [-0.25, -0.2) is 0 Å². The van der Waals surface area contributed by atoms with Gasteiger partial charge in [0.15, 0.2) is 0 Å². The maximum Gasteiger partial charge on any atom is 0.255 e. The zero-order valence-corrected chi connectivity index (χ0v) is 15.7. The highest BCUT2D eigenvalue weighted by Crippen LogP contribution is 2.22. The van der Waals surface area contributed by atoms with Gasteiger partial charge < -0.3 is 15.4 Å². The largest absolute Gasteiger partial charge is 0.496 e. The molecule has 6 heteroatoms. The second-order valence-corrected chi connectivity index (χ2v) is 6.34. The topological polar surface area (TPSA) is 67.4 Å². The second kappa shape index (κ2) is 8.68. The molecule has 0 aliphatic carbocycles. The maximum absolute atomic E-state index is 12.4. The van der Waals surface area contributed by atoms with E-state index < -0.39 is 0 Å². The molecule has 24 heavy (non-hydrogen) atoms. The molecule has 0 atom stereocenters. The van der Waals surface area contributed by atoms with E-state index in [4.69, 9.17) is 4.74 Å². The summed E-state index contributed by atoms with van der Waals surface area (Å²) in [4.78, 5) is 24.0. The summed E-state index contributed by atoms with van der Waals surface area (Å²) in [5.74, 6) is 0.478. The number of methoxy groups -OCH3 is 1. The number of carbonyl (C=O) groups excluding carboxylic acids is 2. The van der Waals surface area contributed by atoms with Gasteiger partial charge in [0.1, 0.15) is 5.75 Å². The first-order valence-corrected chi connectivity index (χ1v) is 8.66. The summed E-state index contributed by atoms with van der Waals surface area (Å²) in [6, 6.07) is 12.3. The number of rotatable bonds is 6. The summed E-state index contributed by atoms with van der Waals surface area (Å²) in [7, 11) is 1.59. The maximum atomic E-state index is 12.4. The minimum Gasteiger partial charge on any atom is -0.496 e. The van der Waals surface area contributed by atoms with Crippen LogP contribution in [0.3, 0.4) is 0 Å². The highest BCUT2D eigenvalue weighted by Gasteiger charge is 2.10. The summed E-state index contributed by atoms with van der Waals surface area (Å²) in [6.45, 7) is 1.95. The van der Waals surface area contributed by atoms with Crippen LogP contribution in [0.5, 0.6) is 5.75 Å². The number of anilines is 2. The quantitative estimate of drug-likeness (QED) is 0.662. The number of nitrogens with one attached hydrogen (secondary N) is 2. The standard InChI is InChI=1S/C18H19IN2O3/c1-3-5-17(22)20-13-6-4-7-14(11-13)21-18(23)12-8-9-16(24-2)15(19)10-12/h4,6-11H,3,5H2,1-2H3,(H,20,22)(H,21,23). The van der Waals surface area contributed by atoms with Gasteiger partial charge in [-0.3, -0.25) is 9.59 Å². The molecule has 2 aromatic carbocycles. The van der Waals surface area contributed by atoms with Gasteiger partial charge >= 0.3 is 0 Å². The van der Waals surface area contributed by atoms with E-state index in [0.717, 1.165) is 15.7 Å². The number of ether oxygens (including phenoxy) is 1. The molecule has 0 aliphatic rings. The van der Waals surface area contributed by atoms with Gasteiger partial charge in [-0.1, -0.05) is 13.0 Å². The number of hydrogen-bond acceptors (Lipinski definition) is 3. The monoisotopic (exact) mass is 438 g/mol. The molecule has 0 bridgehead atoms. The van der Waals surface area contributed by atoms with Crippen molar-refractivity contribution in [3.63, 3.8) is 0 Å². The third kappa shape index (κ3) is 4.95. The van der Waals surface area contributed by atoms with Crippen molar-refractivity contribution < 1.29 is 14.3 Å². The molecule has 0 aliphatic heterocycles. The van der Waals surface area contributed by atoms with Crippen LogP contribution in [0.1, 0.15) is 30.1 Å². The molecule has 5 nitrogen and oxygen atoms in total. The first kappa shape index (κ1) is 18.3. The number of benzene rings is 2.